The molecule has 5 heteroatoms. The Hall–Kier alpha value is -1.88. The molecule has 1 unspecified atom stereocenters. The third kappa shape index (κ3) is 2.22. The molecule has 0 aliphatic rings. The van der Waals surface area contributed by atoms with E-state index in [1.165, 1.54) is 7.11 Å². The Balaban J connectivity index is 2.45. The van der Waals surface area contributed by atoms with Crippen molar-refractivity contribution in [1.29, 1.82) is 0 Å². The van der Waals surface area contributed by atoms with E-state index in [2.05, 4.69) is 10.4 Å². The first-order valence-corrected chi connectivity index (χ1v) is 5.65. The predicted molar refractivity (Wildman–Crippen MR) is 67.1 cm³/mol. The molecule has 1 heterocycles. The molecule has 0 aliphatic carbocycles. The Morgan fingerprint density at radius 3 is 2.78 bits per heavy atom. The Morgan fingerprint density at radius 1 is 1.44 bits per heavy atom. The lowest BCUT2D eigenvalue weighted by Crippen LogP contribution is -2.18. The van der Waals surface area contributed by atoms with E-state index >= 15 is 0 Å². The van der Waals surface area contributed by atoms with Crippen molar-refractivity contribution in [3.05, 3.63) is 47.5 Å². The maximum atomic E-state index is 14.2. The number of nitrogens with one attached hydrogen (secondary N) is 1. The minimum absolute atomic E-state index is 0.242. The van der Waals surface area contributed by atoms with Gasteiger partial charge < -0.3 is 10.1 Å². The topological polar surface area (TPSA) is 39.1 Å². The summed E-state index contributed by atoms with van der Waals surface area (Å²) in [4.78, 5) is 0. The summed E-state index contributed by atoms with van der Waals surface area (Å²) in [5, 5.41) is 7.20. The summed E-state index contributed by atoms with van der Waals surface area (Å²) in [6, 6.07) is 4.88. The number of halogens is 1. The number of aryl methyl sites for hydroxylation is 1. The summed E-state index contributed by atoms with van der Waals surface area (Å²) < 4.78 is 20.9. The van der Waals surface area contributed by atoms with Gasteiger partial charge in [0, 0.05) is 24.4 Å². The van der Waals surface area contributed by atoms with Gasteiger partial charge >= 0.3 is 0 Å². The largest absolute Gasteiger partial charge is 0.494 e. The predicted octanol–water partition coefficient (Wildman–Crippen LogP) is 1.88. The Labute approximate surface area is 105 Å². The van der Waals surface area contributed by atoms with Crippen molar-refractivity contribution in [1.82, 2.24) is 15.1 Å². The van der Waals surface area contributed by atoms with E-state index in [0.717, 1.165) is 5.56 Å². The first kappa shape index (κ1) is 12.6. The van der Waals surface area contributed by atoms with Gasteiger partial charge in [-0.25, -0.2) is 4.39 Å². The van der Waals surface area contributed by atoms with E-state index in [1.807, 2.05) is 13.2 Å². The molecular weight excluding hydrogens is 233 g/mol. The van der Waals surface area contributed by atoms with Crippen LogP contribution in [0.15, 0.2) is 30.6 Å². The SMILES string of the molecule is CNC(c1cnn(C)c1)c1cccc(OC)c1F. The van der Waals surface area contributed by atoms with Crippen molar-refractivity contribution in [2.24, 2.45) is 7.05 Å². The standard InChI is InChI=1S/C13H16FN3O/c1-15-13(9-7-16-17(2)8-9)10-5-4-6-11(18-3)12(10)14/h4-8,13,15H,1-3H3. The zero-order valence-corrected chi connectivity index (χ0v) is 10.6. The monoisotopic (exact) mass is 249 g/mol. The maximum absolute atomic E-state index is 14.2. The highest BCUT2D eigenvalue weighted by Crippen LogP contribution is 2.28. The van der Waals surface area contributed by atoms with Crippen LogP contribution in [0.5, 0.6) is 5.75 Å². The maximum Gasteiger partial charge on any atom is 0.170 e. The minimum Gasteiger partial charge on any atom is -0.494 e. The smallest absolute Gasteiger partial charge is 0.170 e. The van der Waals surface area contributed by atoms with E-state index in [-0.39, 0.29) is 17.6 Å². The van der Waals surface area contributed by atoms with Crippen molar-refractivity contribution < 1.29 is 9.13 Å². The molecule has 18 heavy (non-hydrogen) atoms. The molecule has 1 aromatic heterocycles. The molecule has 96 valence electrons. The summed E-state index contributed by atoms with van der Waals surface area (Å²) in [6.45, 7) is 0. The van der Waals surface area contributed by atoms with Gasteiger partial charge in [0.2, 0.25) is 0 Å². The summed E-state index contributed by atoms with van der Waals surface area (Å²) >= 11 is 0. The van der Waals surface area contributed by atoms with Gasteiger partial charge in [-0.3, -0.25) is 4.68 Å². The molecular formula is C13H16FN3O. The lowest BCUT2D eigenvalue weighted by Gasteiger charge is -2.17. The van der Waals surface area contributed by atoms with E-state index in [9.17, 15) is 4.39 Å². The molecule has 0 radical (unpaired) electrons. The highest BCUT2D eigenvalue weighted by atomic mass is 19.1. The lowest BCUT2D eigenvalue weighted by molar-refractivity contribution is 0.382. The highest BCUT2D eigenvalue weighted by molar-refractivity contribution is 5.37. The molecule has 0 aliphatic heterocycles. The number of rotatable bonds is 4. The second-order valence-electron chi connectivity index (χ2n) is 4.03. The number of hydrogen-bond acceptors (Lipinski definition) is 3. The average molecular weight is 249 g/mol. The number of nitrogens with zero attached hydrogens (tertiary/aromatic N) is 2. The third-order valence-corrected chi connectivity index (χ3v) is 2.87. The van der Waals surface area contributed by atoms with E-state index in [0.29, 0.717) is 5.56 Å². The van der Waals surface area contributed by atoms with Crippen molar-refractivity contribution in [3.8, 4) is 5.75 Å². The molecule has 0 saturated carbocycles. The zero-order chi connectivity index (χ0) is 13.1. The third-order valence-electron chi connectivity index (χ3n) is 2.87. The van der Waals surface area contributed by atoms with Crippen LogP contribution in [-0.2, 0) is 7.05 Å². The van der Waals surface area contributed by atoms with Crippen molar-refractivity contribution in [3.63, 3.8) is 0 Å². The molecule has 1 N–H and O–H groups in total. The van der Waals surface area contributed by atoms with Crippen LogP contribution in [0.25, 0.3) is 0 Å². The van der Waals surface area contributed by atoms with Gasteiger partial charge in [0.15, 0.2) is 11.6 Å². The van der Waals surface area contributed by atoms with E-state index < -0.39 is 0 Å². The Kier molecular flexibility index (Phi) is 3.62. The van der Waals surface area contributed by atoms with Crippen LogP contribution in [0.2, 0.25) is 0 Å². The lowest BCUT2D eigenvalue weighted by atomic mass is 10.0. The molecule has 1 atom stereocenters. The fourth-order valence-electron chi connectivity index (χ4n) is 2.00. The number of benzene rings is 1. The molecule has 0 saturated heterocycles. The number of ether oxygens (including phenoxy) is 1. The molecule has 2 rings (SSSR count). The quantitative estimate of drug-likeness (QED) is 0.899. The number of aromatic nitrogens is 2. The van der Waals surface area contributed by atoms with Crippen LogP contribution in [0.3, 0.4) is 0 Å². The van der Waals surface area contributed by atoms with Crippen molar-refractivity contribution >= 4 is 0 Å². The normalized spacial score (nSPS) is 12.4. The summed E-state index contributed by atoms with van der Waals surface area (Å²) in [7, 11) is 5.08. The van der Waals surface area contributed by atoms with Crippen molar-refractivity contribution in [2.75, 3.05) is 14.2 Å². The number of hydrogen-bond donors (Lipinski definition) is 1. The van der Waals surface area contributed by atoms with Crippen LogP contribution in [-0.4, -0.2) is 23.9 Å². The fourth-order valence-corrected chi connectivity index (χ4v) is 2.00. The van der Waals surface area contributed by atoms with Gasteiger partial charge in [0.25, 0.3) is 0 Å². The summed E-state index contributed by atoms with van der Waals surface area (Å²) in [5.41, 5.74) is 1.46. The van der Waals surface area contributed by atoms with Crippen LogP contribution in [0.4, 0.5) is 4.39 Å². The van der Waals surface area contributed by atoms with Crippen LogP contribution in [0.1, 0.15) is 17.2 Å². The molecule has 0 spiro atoms. The second kappa shape index (κ2) is 5.18. The Bertz CT molecular complexity index is 539. The number of methoxy groups -OCH3 is 1. The Morgan fingerprint density at radius 2 is 2.22 bits per heavy atom. The molecule has 0 fully saturated rings. The molecule has 0 amide bonds. The van der Waals surface area contributed by atoms with E-state index in [1.54, 1.807) is 36.1 Å². The van der Waals surface area contributed by atoms with Gasteiger partial charge in [-0.2, -0.15) is 5.10 Å². The highest BCUT2D eigenvalue weighted by Gasteiger charge is 2.19. The van der Waals surface area contributed by atoms with Gasteiger partial charge in [-0.15, -0.1) is 0 Å². The summed E-state index contributed by atoms with van der Waals surface area (Å²) in [5.74, 6) is -0.0974. The summed E-state index contributed by atoms with van der Waals surface area (Å²) in [6.07, 6.45) is 3.58. The van der Waals surface area contributed by atoms with Gasteiger partial charge in [-0.1, -0.05) is 12.1 Å². The van der Waals surface area contributed by atoms with Gasteiger partial charge in [-0.05, 0) is 13.1 Å². The van der Waals surface area contributed by atoms with Gasteiger partial charge in [0.05, 0.1) is 19.3 Å². The average Bonchev–Trinajstić information content (AvgIpc) is 2.79. The van der Waals surface area contributed by atoms with Crippen molar-refractivity contribution in [2.45, 2.75) is 6.04 Å². The van der Waals surface area contributed by atoms with Crippen LogP contribution >= 0.6 is 0 Å². The van der Waals surface area contributed by atoms with E-state index in [4.69, 9.17) is 4.74 Å². The fraction of sp³-hybridized carbons (Fsp3) is 0.308. The first-order chi connectivity index (χ1) is 8.67. The second-order valence-corrected chi connectivity index (χ2v) is 4.03. The molecule has 1 aromatic carbocycles. The van der Waals surface area contributed by atoms with Gasteiger partial charge in [0.1, 0.15) is 0 Å². The molecule has 2 aromatic rings. The van der Waals surface area contributed by atoms with Crippen LogP contribution in [0, 0.1) is 5.82 Å². The minimum atomic E-state index is -0.344. The molecule has 0 bridgehead atoms. The molecule has 4 nitrogen and oxygen atoms in total. The zero-order valence-electron chi connectivity index (χ0n) is 10.6. The van der Waals surface area contributed by atoms with Crippen LogP contribution < -0.4 is 10.1 Å². The first-order valence-electron chi connectivity index (χ1n) is 5.65.